The molecule has 0 saturated heterocycles. The highest BCUT2D eigenvalue weighted by molar-refractivity contribution is 5.57. The number of methoxy groups -OCH3 is 1. The Balaban J connectivity index is 2.32. The average Bonchev–Trinajstić information content (AvgIpc) is 2.68. The Morgan fingerprint density at radius 3 is 2.71 bits per heavy atom. The third-order valence-electron chi connectivity index (χ3n) is 2.06. The Labute approximate surface area is 96.8 Å². The molecule has 0 aliphatic heterocycles. The monoisotopic (exact) mass is 238 g/mol. The number of nitrogens with zero attached hydrogens (tertiary/aromatic N) is 3. The van der Waals surface area contributed by atoms with Gasteiger partial charge in [-0.15, -0.1) is 5.10 Å². The molecule has 0 fully saturated rings. The minimum absolute atomic E-state index is 0.0464. The molecule has 0 amide bonds. The highest BCUT2D eigenvalue weighted by atomic mass is 19.1. The molecular formula is C10H11FN4O2. The highest BCUT2D eigenvalue weighted by Crippen LogP contribution is 2.32. The SMILES string of the molecule is COc1cc(Oc2ncn(C)n2)c(N)cc1F. The fourth-order valence-corrected chi connectivity index (χ4v) is 1.26. The van der Waals surface area contributed by atoms with Crippen molar-refractivity contribution < 1.29 is 13.9 Å². The predicted octanol–water partition coefficient (Wildman–Crippen LogP) is 1.34. The summed E-state index contributed by atoms with van der Waals surface area (Å²) in [5.41, 5.74) is 5.77. The first kappa shape index (κ1) is 11.2. The van der Waals surface area contributed by atoms with E-state index in [1.54, 1.807) is 7.05 Å². The summed E-state index contributed by atoms with van der Waals surface area (Å²) in [7, 11) is 3.06. The predicted molar refractivity (Wildman–Crippen MR) is 58.4 cm³/mol. The normalized spacial score (nSPS) is 10.3. The van der Waals surface area contributed by atoms with Crippen molar-refractivity contribution in [3.05, 3.63) is 24.3 Å². The van der Waals surface area contributed by atoms with Crippen LogP contribution < -0.4 is 15.2 Å². The van der Waals surface area contributed by atoms with Crippen molar-refractivity contribution in [2.24, 2.45) is 7.05 Å². The van der Waals surface area contributed by atoms with Gasteiger partial charge in [0.05, 0.1) is 12.8 Å². The van der Waals surface area contributed by atoms with Crippen LogP contribution in [0.25, 0.3) is 0 Å². The smallest absolute Gasteiger partial charge is 0.341 e. The zero-order valence-electron chi connectivity index (χ0n) is 9.35. The lowest BCUT2D eigenvalue weighted by molar-refractivity contribution is 0.379. The van der Waals surface area contributed by atoms with Gasteiger partial charge in [0, 0.05) is 19.2 Å². The number of halogens is 1. The van der Waals surface area contributed by atoms with E-state index < -0.39 is 5.82 Å². The van der Waals surface area contributed by atoms with Crippen molar-refractivity contribution >= 4 is 5.69 Å². The molecule has 0 saturated carbocycles. The zero-order chi connectivity index (χ0) is 12.4. The maximum Gasteiger partial charge on any atom is 0.341 e. The molecule has 7 heteroatoms. The molecule has 0 aliphatic rings. The molecule has 1 aromatic carbocycles. The Morgan fingerprint density at radius 2 is 2.12 bits per heavy atom. The van der Waals surface area contributed by atoms with Crippen molar-refractivity contribution in [1.29, 1.82) is 0 Å². The number of hydrogen-bond donors (Lipinski definition) is 1. The number of ether oxygens (including phenoxy) is 2. The lowest BCUT2D eigenvalue weighted by atomic mass is 10.2. The maximum atomic E-state index is 13.3. The molecule has 2 rings (SSSR count). The molecule has 17 heavy (non-hydrogen) atoms. The summed E-state index contributed by atoms with van der Waals surface area (Å²) in [6, 6.07) is 2.60. The second-order valence-electron chi connectivity index (χ2n) is 3.33. The summed E-state index contributed by atoms with van der Waals surface area (Å²) in [6.45, 7) is 0. The average molecular weight is 238 g/mol. The first-order valence-electron chi connectivity index (χ1n) is 4.76. The number of benzene rings is 1. The van der Waals surface area contributed by atoms with Crippen LogP contribution in [0.4, 0.5) is 10.1 Å². The van der Waals surface area contributed by atoms with Crippen LogP contribution in [-0.4, -0.2) is 21.9 Å². The van der Waals surface area contributed by atoms with Gasteiger partial charge in [0.2, 0.25) is 0 Å². The molecule has 6 nitrogen and oxygen atoms in total. The van der Waals surface area contributed by atoms with Crippen molar-refractivity contribution in [2.45, 2.75) is 0 Å². The minimum Gasteiger partial charge on any atom is -0.494 e. The van der Waals surface area contributed by atoms with Gasteiger partial charge in [-0.2, -0.15) is 4.98 Å². The van der Waals surface area contributed by atoms with Gasteiger partial charge in [0.1, 0.15) is 6.33 Å². The molecule has 0 radical (unpaired) electrons. The third-order valence-corrected chi connectivity index (χ3v) is 2.06. The highest BCUT2D eigenvalue weighted by Gasteiger charge is 2.11. The Bertz CT molecular complexity index is 541. The van der Waals surface area contributed by atoms with Gasteiger partial charge in [-0.3, -0.25) is 4.68 Å². The molecule has 2 aromatic rings. The fraction of sp³-hybridized carbons (Fsp3) is 0.200. The molecule has 0 unspecified atom stereocenters. The number of nitrogens with two attached hydrogens (primary N) is 1. The summed E-state index contributed by atoms with van der Waals surface area (Å²) < 4.78 is 24.9. The van der Waals surface area contributed by atoms with E-state index in [0.29, 0.717) is 0 Å². The van der Waals surface area contributed by atoms with Crippen molar-refractivity contribution in [1.82, 2.24) is 14.8 Å². The molecule has 90 valence electrons. The van der Waals surface area contributed by atoms with Crippen LogP contribution in [-0.2, 0) is 7.05 Å². The first-order valence-corrected chi connectivity index (χ1v) is 4.76. The van der Waals surface area contributed by atoms with E-state index in [4.69, 9.17) is 15.2 Å². The van der Waals surface area contributed by atoms with Gasteiger partial charge in [-0.25, -0.2) is 4.39 Å². The van der Waals surface area contributed by atoms with Gasteiger partial charge in [0.15, 0.2) is 17.3 Å². The second-order valence-corrected chi connectivity index (χ2v) is 3.33. The van der Waals surface area contributed by atoms with Crippen LogP contribution >= 0.6 is 0 Å². The molecule has 1 heterocycles. The largest absolute Gasteiger partial charge is 0.494 e. The van der Waals surface area contributed by atoms with E-state index in [1.807, 2.05) is 0 Å². The molecule has 0 spiro atoms. The van der Waals surface area contributed by atoms with Crippen molar-refractivity contribution in [3.63, 3.8) is 0 Å². The summed E-state index contributed by atoms with van der Waals surface area (Å²) >= 11 is 0. The number of anilines is 1. The van der Waals surface area contributed by atoms with E-state index in [9.17, 15) is 4.39 Å². The van der Waals surface area contributed by atoms with E-state index in [2.05, 4.69) is 10.1 Å². The number of nitrogen functional groups attached to an aromatic ring is 1. The van der Waals surface area contributed by atoms with Crippen LogP contribution in [0.2, 0.25) is 0 Å². The van der Waals surface area contributed by atoms with Crippen LogP contribution in [0.3, 0.4) is 0 Å². The number of aromatic nitrogens is 3. The van der Waals surface area contributed by atoms with E-state index in [-0.39, 0.29) is 23.2 Å². The van der Waals surface area contributed by atoms with E-state index in [1.165, 1.54) is 24.2 Å². The van der Waals surface area contributed by atoms with Gasteiger partial charge in [-0.1, -0.05) is 0 Å². The Hall–Kier alpha value is -2.31. The van der Waals surface area contributed by atoms with Gasteiger partial charge in [-0.05, 0) is 0 Å². The first-order chi connectivity index (χ1) is 8.10. The summed E-state index contributed by atoms with van der Waals surface area (Å²) in [5.74, 6) is -0.258. The van der Waals surface area contributed by atoms with Crippen LogP contribution in [0.5, 0.6) is 17.5 Å². The molecule has 1 aromatic heterocycles. The fourth-order valence-electron chi connectivity index (χ4n) is 1.26. The summed E-state index contributed by atoms with van der Waals surface area (Å²) in [6.07, 6.45) is 1.48. The Morgan fingerprint density at radius 1 is 1.35 bits per heavy atom. The minimum atomic E-state index is -0.550. The summed E-state index contributed by atoms with van der Waals surface area (Å²) in [4.78, 5) is 3.87. The quantitative estimate of drug-likeness (QED) is 0.816. The second kappa shape index (κ2) is 4.28. The van der Waals surface area contributed by atoms with Gasteiger partial charge >= 0.3 is 6.01 Å². The van der Waals surface area contributed by atoms with Gasteiger partial charge < -0.3 is 15.2 Å². The standard InChI is InChI=1S/C10H11FN4O2/c1-15-5-13-10(14-15)17-9-4-8(16-2)6(11)3-7(9)12/h3-5H,12H2,1-2H3. The van der Waals surface area contributed by atoms with Crippen LogP contribution in [0, 0.1) is 5.82 Å². The van der Waals surface area contributed by atoms with Crippen molar-refractivity contribution in [2.75, 3.05) is 12.8 Å². The van der Waals surface area contributed by atoms with E-state index >= 15 is 0 Å². The van der Waals surface area contributed by atoms with E-state index in [0.717, 1.165) is 6.07 Å². The lowest BCUT2D eigenvalue weighted by Crippen LogP contribution is -1.97. The van der Waals surface area contributed by atoms with Gasteiger partial charge in [0.25, 0.3) is 0 Å². The van der Waals surface area contributed by atoms with Crippen molar-refractivity contribution in [3.8, 4) is 17.5 Å². The number of rotatable bonds is 3. The number of aryl methyl sites for hydroxylation is 1. The maximum absolute atomic E-state index is 13.3. The topological polar surface area (TPSA) is 75.2 Å². The zero-order valence-corrected chi connectivity index (χ0v) is 9.35. The van der Waals surface area contributed by atoms with Crippen LogP contribution in [0.1, 0.15) is 0 Å². The molecular weight excluding hydrogens is 227 g/mol. The van der Waals surface area contributed by atoms with Crippen LogP contribution in [0.15, 0.2) is 18.5 Å². The molecule has 0 atom stereocenters. The summed E-state index contributed by atoms with van der Waals surface area (Å²) in [5, 5.41) is 3.92. The molecule has 2 N–H and O–H groups in total. The lowest BCUT2D eigenvalue weighted by Gasteiger charge is -2.08. The number of hydrogen-bond acceptors (Lipinski definition) is 5. The molecule has 0 aliphatic carbocycles. The molecule has 0 bridgehead atoms. The third kappa shape index (κ3) is 2.27. The Kier molecular flexibility index (Phi) is 2.82.